The summed E-state index contributed by atoms with van der Waals surface area (Å²) in [7, 11) is -7.91. The van der Waals surface area contributed by atoms with E-state index in [1.54, 1.807) is 24.3 Å². The van der Waals surface area contributed by atoms with Crippen LogP contribution in [0.2, 0.25) is 10.3 Å². The van der Waals surface area contributed by atoms with Gasteiger partial charge in [-0.05, 0) is 78.9 Å². The van der Waals surface area contributed by atoms with Crippen molar-refractivity contribution in [2.45, 2.75) is 23.6 Å². The van der Waals surface area contributed by atoms with Crippen LogP contribution in [-0.4, -0.2) is 44.7 Å². The number of aryl methyl sites for hydroxylation is 2. The predicted molar refractivity (Wildman–Crippen MR) is 200 cm³/mol. The van der Waals surface area contributed by atoms with Crippen molar-refractivity contribution in [2.75, 3.05) is 0 Å². The van der Waals surface area contributed by atoms with E-state index in [9.17, 15) is 25.6 Å². The summed E-state index contributed by atoms with van der Waals surface area (Å²) in [4.78, 5) is 16.2. The fourth-order valence-electron chi connectivity index (χ4n) is 5.57. The zero-order valence-corrected chi connectivity index (χ0v) is 31.5. The lowest BCUT2D eigenvalue weighted by Crippen LogP contribution is -2.13. The number of aromatic nitrogens is 6. The van der Waals surface area contributed by atoms with E-state index in [1.807, 2.05) is 36.4 Å². The summed E-state index contributed by atoms with van der Waals surface area (Å²) in [5, 5.41) is 2.06. The standard InChI is InChI=1S/C17H10ClFIN3O2S.C17H11ClFN3O2S/c1-9-2-4-10(5-3-9)26(24,25)23-13-8-21-14(18)6-11(13)15-16(20)12(19)7-22-17(15)23;1-10-2-4-12(5-3-10)25(23,24)22-15-9-20-16(18)7-13(15)14-6-11(19)8-21-17(14)22/h2-8H,1H3;2-9H,1H3. The molecular weight excluding hydrogens is 856 g/mol. The number of hydrogen-bond acceptors (Lipinski definition) is 8. The molecular formula is C34H21Cl2F2IN6O4S2. The lowest BCUT2D eigenvalue weighted by molar-refractivity contribution is 0.588. The third-order valence-electron chi connectivity index (χ3n) is 7.99. The largest absolute Gasteiger partial charge is 0.269 e. The highest BCUT2D eigenvalue weighted by molar-refractivity contribution is 14.1. The van der Waals surface area contributed by atoms with Gasteiger partial charge in [-0.1, -0.05) is 58.6 Å². The molecule has 6 heterocycles. The van der Waals surface area contributed by atoms with E-state index < -0.39 is 31.7 Å². The van der Waals surface area contributed by atoms with Crippen molar-refractivity contribution in [3.05, 3.63) is 128 Å². The minimum Gasteiger partial charge on any atom is -0.242 e. The van der Waals surface area contributed by atoms with Crippen LogP contribution in [-0.2, 0) is 20.0 Å². The molecule has 0 radical (unpaired) electrons. The van der Waals surface area contributed by atoms with E-state index in [1.165, 1.54) is 54.9 Å². The first-order valence-electron chi connectivity index (χ1n) is 14.7. The van der Waals surface area contributed by atoms with Gasteiger partial charge in [0, 0.05) is 21.5 Å². The molecule has 0 amide bonds. The minimum absolute atomic E-state index is 0.109. The molecule has 6 aromatic heterocycles. The van der Waals surface area contributed by atoms with Crippen LogP contribution in [0.25, 0.3) is 43.9 Å². The molecule has 2 aromatic carbocycles. The molecule has 0 aliphatic heterocycles. The number of rotatable bonds is 4. The number of pyridine rings is 4. The molecule has 0 saturated carbocycles. The SMILES string of the molecule is Cc1ccc(S(=O)(=O)n2c3cnc(Cl)cc3c3c(I)c(F)cnc32)cc1.Cc1ccc(S(=O)(=O)n2c3cnc(Cl)cc3c3cc(F)cnc32)cc1. The number of fused-ring (bicyclic) bond motifs is 6. The average Bonchev–Trinajstić information content (AvgIpc) is 3.60. The van der Waals surface area contributed by atoms with Crippen LogP contribution in [0, 0.1) is 29.1 Å². The lowest BCUT2D eigenvalue weighted by atomic mass is 10.2. The third kappa shape index (κ3) is 6.09. The van der Waals surface area contributed by atoms with E-state index in [-0.39, 0.29) is 40.5 Å². The summed E-state index contributed by atoms with van der Waals surface area (Å²) in [6, 6.07) is 17.2. The molecule has 8 aromatic rings. The molecule has 0 atom stereocenters. The normalized spacial score (nSPS) is 12.1. The third-order valence-corrected chi connectivity index (χ3v) is 12.9. The second kappa shape index (κ2) is 13.0. The van der Waals surface area contributed by atoms with E-state index in [2.05, 4.69) is 19.9 Å². The molecule has 0 aliphatic carbocycles. The molecule has 0 aliphatic rings. The molecule has 0 N–H and O–H groups in total. The number of hydrogen-bond donors (Lipinski definition) is 0. The van der Waals surface area contributed by atoms with Gasteiger partial charge in [0.05, 0.1) is 49.2 Å². The highest BCUT2D eigenvalue weighted by Crippen LogP contribution is 2.36. The van der Waals surface area contributed by atoms with Crippen LogP contribution in [0.5, 0.6) is 0 Å². The van der Waals surface area contributed by atoms with Crippen LogP contribution in [0.4, 0.5) is 8.78 Å². The lowest BCUT2D eigenvalue weighted by Gasteiger charge is -2.09. The van der Waals surface area contributed by atoms with Crippen molar-refractivity contribution in [2.24, 2.45) is 0 Å². The van der Waals surface area contributed by atoms with Gasteiger partial charge in [-0.15, -0.1) is 0 Å². The number of nitrogens with zero attached hydrogens (tertiary/aromatic N) is 6. The Morgan fingerprint density at radius 2 is 1.08 bits per heavy atom. The first-order chi connectivity index (χ1) is 24.2. The van der Waals surface area contributed by atoms with E-state index in [4.69, 9.17) is 23.2 Å². The van der Waals surface area contributed by atoms with Crippen LogP contribution >= 0.6 is 45.8 Å². The maximum absolute atomic E-state index is 14.1. The Balaban J connectivity index is 0.000000159. The first kappa shape index (κ1) is 35.1. The second-order valence-electron chi connectivity index (χ2n) is 11.4. The second-order valence-corrected chi connectivity index (χ2v) is 16.8. The molecule has 17 heteroatoms. The van der Waals surface area contributed by atoms with Gasteiger partial charge in [-0.2, -0.15) is 0 Å². The minimum atomic E-state index is -3.96. The molecule has 8 rings (SSSR count). The highest BCUT2D eigenvalue weighted by Gasteiger charge is 2.27. The summed E-state index contributed by atoms with van der Waals surface area (Å²) in [6.07, 6.45) is 4.71. The fraction of sp³-hybridized carbons (Fsp3) is 0.0588. The topological polar surface area (TPSA) is 130 Å². The molecule has 0 spiro atoms. The zero-order valence-electron chi connectivity index (χ0n) is 26.2. The summed E-state index contributed by atoms with van der Waals surface area (Å²) in [6.45, 7) is 3.74. The molecule has 0 saturated heterocycles. The summed E-state index contributed by atoms with van der Waals surface area (Å²) < 4.78 is 83.1. The van der Waals surface area contributed by atoms with Gasteiger partial charge in [-0.25, -0.2) is 53.5 Å². The van der Waals surface area contributed by atoms with Crippen LogP contribution in [0.1, 0.15) is 11.1 Å². The maximum atomic E-state index is 14.1. The molecule has 51 heavy (non-hydrogen) atoms. The van der Waals surface area contributed by atoms with Gasteiger partial charge < -0.3 is 0 Å². The van der Waals surface area contributed by atoms with Crippen molar-refractivity contribution < 1.29 is 25.6 Å². The number of halogens is 5. The van der Waals surface area contributed by atoms with Crippen molar-refractivity contribution >= 4 is 110 Å². The van der Waals surface area contributed by atoms with Crippen LogP contribution in [0.15, 0.2) is 101 Å². The first-order valence-corrected chi connectivity index (χ1v) is 19.5. The average molecular weight is 878 g/mol. The van der Waals surface area contributed by atoms with E-state index >= 15 is 0 Å². The summed E-state index contributed by atoms with van der Waals surface area (Å²) >= 11 is 13.8. The Labute approximate surface area is 313 Å². The number of benzene rings is 2. The molecule has 10 nitrogen and oxygen atoms in total. The Hall–Kier alpha value is -4.29. The van der Waals surface area contributed by atoms with Crippen molar-refractivity contribution in [1.82, 2.24) is 27.9 Å². The van der Waals surface area contributed by atoms with E-state index in [0.717, 1.165) is 31.5 Å². The Morgan fingerprint density at radius 1 is 0.608 bits per heavy atom. The van der Waals surface area contributed by atoms with Crippen molar-refractivity contribution in [1.29, 1.82) is 0 Å². The molecule has 0 bridgehead atoms. The molecule has 0 fully saturated rings. The summed E-state index contributed by atoms with van der Waals surface area (Å²) in [5.41, 5.74) is 2.72. The Morgan fingerprint density at radius 3 is 1.63 bits per heavy atom. The molecule has 258 valence electrons. The predicted octanol–water partition coefficient (Wildman–Crippen LogP) is 8.45. The van der Waals surface area contributed by atoms with Gasteiger partial charge in [0.2, 0.25) is 0 Å². The van der Waals surface area contributed by atoms with Gasteiger partial charge in [0.15, 0.2) is 17.1 Å². The van der Waals surface area contributed by atoms with Gasteiger partial charge in [0.25, 0.3) is 20.0 Å². The quantitative estimate of drug-likeness (QED) is 0.127. The Kier molecular flexibility index (Phi) is 8.98. The van der Waals surface area contributed by atoms with Gasteiger partial charge in [-0.3, -0.25) is 0 Å². The smallest absolute Gasteiger partial charge is 0.242 e. The van der Waals surface area contributed by atoms with Crippen molar-refractivity contribution in [3.8, 4) is 0 Å². The molecule has 0 unspecified atom stereocenters. The highest BCUT2D eigenvalue weighted by atomic mass is 127. The van der Waals surface area contributed by atoms with E-state index in [0.29, 0.717) is 27.1 Å². The summed E-state index contributed by atoms with van der Waals surface area (Å²) in [5.74, 6) is -1.09. The van der Waals surface area contributed by atoms with Crippen LogP contribution in [0.3, 0.4) is 0 Å². The monoisotopic (exact) mass is 876 g/mol. The van der Waals surface area contributed by atoms with Crippen LogP contribution < -0.4 is 0 Å². The van der Waals surface area contributed by atoms with Gasteiger partial charge in [0.1, 0.15) is 16.1 Å². The maximum Gasteiger partial charge on any atom is 0.269 e. The Bertz CT molecular complexity index is 2860. The fourth-order valence-corrected chi connectivity index (χ4v) is 9.49. The zero-order chi connectivity index (χ0) is 36.4. The van der Waals surface area contributed by atoms with Gasteiger partial charge >= 0.3 is 0 Å². The van der Waals surface area contributed by atoms with Crippen molar-refractivity contribution in [3.63, 3.8) is 0 Å².